The highest BCUT2D eigenvalue weighted by Crippen LogP contribution is 2.81. The van der Waals surface area contributed by atoms with Crippen LogP contribution in [0.3, 0.4) is 0 Å². The number of carbonyl (C=O) groups is 1. The topological polar surface area (TPSA) is 152 Å². The van der Waals surface area contributed by atoms with Crippen molar-refractivity contribution in [3.05, 3.63) is 94.6 Å². The first kappa shape index (κ1) is 37.0. The third-order valence-corrected chi connectivity index (χ3v) is 16.3. The Hall–Kier alpha value is -4.33. The number of methoxy groups -OCH3 is 1. The van der Waals surface area contributed by atoms with Crippen molar-refractivity contribution in [2.45, 2.75) is 86.4 Å². The summed E-state index contributed by atoms with van der Waals surface area (Å²) in [7, 11) is 3.49. The maximum absolute atomic E-state index is 15.0. The lowest BCUT2D eigenvalue weighted by Gasteiger charge is -2.81. The highest BCUT2D eigenvalue weighted by molar-refractivity contribution is 5.81. The first-order chi connectivity index (χ1) is 27.5. The number of phenols is 3. The molecule has 7 aliphatic rings. The molecule has 0 aromatic heterocycles. The smallest absolute Gasteiger partial charge is 0.160 e. The Morgan fingerprint density at radius 2 is 1.79 bits per heavy atom. The summed E-state index contributed by atoms with van der Waals surface area (Å²) < 4.78 is 5.55. The van der Waals surface area contributed by atoms with Crippen LogP contribution in [0.15, 0.2) is 66.7 Å². The van der Waals surface area contributed by atoms with Gasteiger partial charge >= 0.3 is 0 Å². The molecule has 9 nitrogen and oxygen atoms in total. The third-order valence-electron chi connectivity index (χ3n) is 16.3. The number of hydrogen-bond acceptors (Lipinski definition) is 9. The fraction of sp³-hybridized carbons (Fsp3) is 0.521. The minimum Gasteiger partial charge on any atom is -0.504 e. The normalized spacial score (nSPS) is 39.3. The van der Waals surface area contributed by atoms with E-state index in [9.17, 15) is 25.5 Å². The van der Waals surface area contributed by atoms with E-state index in [2.05, 4.69) is 46.8 Å². The summed E-state index contributed by atoms with van der Waals surface area (Å²) in [6, 6.07) is 17.0. The van der Waals surface area contributed by atoms with Crippen LogP contribution in [0.1, 0.15) is 84.6 Å². The number of ketones is 1. The number of piperidine rings is 1. The second-order valence-corrected chi connectivity index (χ2v) is 18.6. The predicted molar refractivity (Wildman–Crippen MR) is 215 cm³/mol. The van der Waals surface area contributed by atoms with Gasteiger partial charge in [0.1, 0.15) is 5.78 Å². The lowest BCUT2D eigenvalue weighted by molar-refractivity contribution is -0.252. The van der Waals surface area contributed by atoms with Gasteiger partial charge in [0, 0.05) is 59.4 Å². The molecule has 4 fully saturated rings. The first-order valence-corrected chi connectivity index (χ1v) is 21.0. The Morgan fingerprint density at radius 1 is 0.982 bits per heavy atom. The Balaban J connectivity index is 1.21. The van der Waals surface area contributed by atoms with Crippen LogP contribution in [0, 0.1) is 52.8 Å². The Bertz CT molecular complexity index is 2230. The molecule has 1 aliphatic heterocycles. The Kier molecular flexibility index (Phi) is 8.49. The van der Waals surface area contributed by atoms with Gasteiger partial charge in [-0.1, -0.05) is 54.3 Å². The zero-order chi connectivity index (χ0) is 39.5. The average molecular weight is 771 g/mol. The van der Waals surface area contributed by atoms with Crippen LogP contribution < -0.4 is 15.4 Å². The molecule has 298 valence electrons. The number of ether oxygens (including phenoxy) is 1. The molecule has 0 amide bonds. The zero-order valence-electron chi connectivity index (χ0n) is 32.8. The largest absolute Gasteiger partial charge is 0.504 e. The molecule has 9 heteroatoms. The van der Waals surface area contributed by atoms with Crippen molar-refractivity contribution in [3.8, 4) is 34.8 Å². The molecule has 6 aliphatic carbocycles. The molecule has 57 heavy (non-hydrogen) atoms. The third kappa shape index (κ3) is 4.94. The van der Waals surface area contributed by atoms with E-state index < -0.39 is 28.4 Å². The van der Waals surface area contributed by atoms with Gasteiger partial charge in [-0.25, -0.2) is 0 Å². The summed E-state index contributed by atoms with van der Waals surface area (Å²) >= 11 is 0. The number of aromatic hydroxyl groups is 3. The number of fused-ring (bicyclic) bond motifs is 3. The van der Waals surface area contributed by atoms with Crippen molar-refractivity contribution in [1.82, 2.24) is 10.6 Å². The maximum Gasteiger partial charge on any atom is 0.160 e. The van der Waals surface area contributed by atoms with Crippen molar-refractivity contribution >= 4 is 5.78 Å². The van der Waals surface area contributed by atoms with Gasteiger partial charge in [-0.15, -0.1) is 0 Å². The fourth-order valence-corrected chi connectivity index (χ4v) is 14.6. The molecule has 12 atom stereocenters. The van der Waals surface area contributed by atoms with Crippen LogP contribution in [-0.2, 0) is 23.2 Å². The highest BCUT2D eigenvalue weighted by Gasteiger charge is 2.83. The summed E-state index contributed by atoms with van der Waals surface area (Å²) in [6.07, 6.45) is 9.79. The zero-order valence-corrected chi connectivity index (χ0v) is 32.8. The van der Waals surface area contributed by atoms with Crippen molar-refractivity contribution in [2.24, 2.45) is 40.9 Å². The van der Waals surface area contributed by atoms with Crippen molar-refractivity contribution in [2.75, 3.05) is 27.2 Å². The second-order valence-electron chi connectivity index (χ2n) is 18.6. The second kappa shape index (κ2) is 13.1. The quantitative estimate of drug-likeness (QED) is 0.0930. The van der Waals surface area contributed by atoms with E-state index >= 15 is 4.79 Å². The number of carbonyl (C=O) groups excluding carboxylic acids is 1. The molecule has 3 aromatic carbocycles. The number of allylic oxidation sites excluding steroid dienone is 1. The van der Waals surface area contributed by atoms with Gasteiger partial charge < -0.3 is 40.9 Å². The van der Waals surface area contributed by atoms with E-state index in [-0.39, 0.29) is 77.3 Å². The lowest BCUT2D eigenvalue weighted by Crippen LogP contribution is -2.88. The van der Waals surface area contributed by atoms with Crippen LogP contribution in [0.5, 0.6) is 23.0 Å². The van der Waals surface area contributed by atoms with Gasteiger partial charge in [0.2, 0.25) is 0 Å². The number of nitrogens with one attached hydrogen (secondary N) is 2. The molecule has 7 N–H and O–H groups in total. The molecule has 10 rings (SSSR count). The molecular weight excluding hydrogens is 717 g/mol. The number of phenolic OH excluding ortho intramolecular Hbond substituents is 3. The summed E-state index contributed by atoms with van der Waals surface area (Å²) in [4.78, 5) is 15.0. The highest BCUT2D eigenvalue weighted by atomic mass is 16.5. The lowest BCUT2D eigenvalue weighted by atomic mass is 9.24. The number of hydrogen-bond donors (Lipinski definition) is 7. The summed E-state index contributed by atoms with van der Waals surface area (Å²) in [5.74, 6) is 6.66. The van der Waals surface area contributed by atoms with Crippen LogP contribution in [0.4, 0.5) is 0 Å². The van der Waals surface area contributed by atoms with Gasteiger partial charge in [0.25, 0.3) is 0 Å². The number of aliphatic hydroxyl groups is 2. The minimum atomic E-state index is -1.41. The average Bonchev–Trinajstić information content (AvgIpc) is 3.19. The molecule has 1 saturated heterocycles. The fourth-order valence-electron chi connectivity index (χ4n) is 14.6. The molecule has 0 unspecified atom stereocenters. The number of rotatable bonds is 7. The van der Waals surface area contributed by atoms with Crippen molar-refractivity contribution < 1.29 is 35.1 Å². The molecular formula is C48H54N2O7. The van der Waals surface area contributed by atoms with Gasteiger partial charge in [-0.05, 0) is 128 Å². The van der Waals surface area contributed by atoms with Crippen LogP contribution in [-0.4, -0.2) is 69.7 Å². The van der Waals surface area contributed by atoms with E-state index in [1.165, 1.54) is 13.2 Å². The minimum absolute atomic E-state index is 0.0395. The van der Waals surface area contributed by atoms with E-state index in [1.807, 2.05) is 37.4 Å². The van der Waals surface area contributed by atoms with Crippen LogP contribution in [0.25, 0.3) is 0 Å². The van der Waals surface area contributed by atoms with E-state index in [0.29, 0.717) is 42.3 Å². The molecule has 6 bridgehead atoms. The summed E-state index contributed by atoms with van der Waals surface area (Å²) in [6.45, 7) is 1.08. The monoisotopic (exact) mass is 770 g/mol. The molecule has 1 heterocycles. The van der Waals surface area contributed by atoms with E-state index in [4.69, 9.17) is 4.74 Å². The van der Waals surface area contributed by atoms with Crippen molar-refractivity contribution in [1.29, 1.82) is 0 Å². The van der Waals surface area contributed by atoms with Gasteiger partial charge in [-0.3, -0.25) is 4.79 Å². The molecule has 3 aromatic rings. The Morgan fingerprint density at radius 3 is 2.56 bits per heavy atom. The summed E-state index contributed by atoms with van der Waals surface area (Å²) in [5, 5.41) is 65.2. The SMILES string of the molecule is CNC[C@@H]1C[C@@H]2CC[C@@]34NC[C@H]5C#C[C@H](Cc6ccccc6)[C@@H](c6cc(OC)c(O)cc6CO)CC(=O)C[C@@]6(O)C[C@@H]3C=C[C@@]23C[C@@H]1c1cc(O)c(O)cc1[C@]34[C@@H]56. The van der Waals surface area contributed by atoms with Gasteiger partial charge in [-0.2, -0.15) is 0 Å². The van der Waals surface area contributed by atoms with E-state index in [1.54, 1.807) is 6.07 Å². The van der Waals surface area contributed by atoms with Crippen LogP contribution in [0.2, 0.25) is 0 Å². The molecule has 0 radical (unpaired) electrons. The van der Waals surface area contributed by atoms with Gasteiger partial charge in [0.15, 0.2) is 23.0 Å². The number of benzene rings is 3. The number of Topliss-reactive ketones (excluding diaryl/α,β-unsaturated/α-hetero) is 1. The number of aliphatic hydroxyl groups excluding tert-OH is 1. The predicted octanol–water partition coefficient (Wildman–Crippen LogP) is 5.57. The van der Waals surface area contributed by atoms with E-state index in [0.717, 1.165) is 48.9 Å². The van der Waals surface area contributed by atoms with Crippen LogP contribution >= 0.6 is 0 Å². The maximum atomic E-state index is 15.0. The standard InChI is InChI=1S/C48H54N2O7/c1-49-24-30-15-32-11-13-47-33-10-12-45(32)23-38(30)37-18-40(53)41(54)20-39(37)48(45,47)44-29(25-50-47)9-8-28(14-27-6-4-3-5-7-27)35(17-34(52)22-46(44,56)21-33)36-19-43(57-2)42(55)16-31(36)26-51/h3-7,10,12,16,18-20,28-30,32-33,35,38,44,49-51,53-56H,11,13-15,17,21-26H2,1-2H3/t28-,29-,30+,32+,33+,35+,38+,44+,45-,46+,47-,48+/m1/s1. The molecule has 3 saturated carbocycles. The van der Waals surface area contributed by atoms with Gasteiger partial charge in [0.05, 0.1) is 19.3 Å². The molecule has 2 spiro atoms. The Labute approximate surface area is 334 Å². The van der Waals surface area contributed by atoms with Crippen molar-refractivity contribution in [3.63, 3.8) is 0 Å². The first-order valence-electron chi connectivity index (χ1n) is 21.0. The summed E-state index contributed by atoms with van der Waals surface area (Å²) in [5.41, 5.74) is 1.49.